The fourth-order valence-electron chi connectivity index (χ4n) is 7.65. The van der Waals surface area contributed by atoms with Gasteiger partial charge in [-0.2, -0.15) is 0 Å². The number of hydrogen-bond acceptors (Lipinski definition) is 8. The van der Waals surface area contributed by atoms with Gasteiger partial charge in [0.2, 0.25) is 11.8 Å². The Morgan fingerprint density at radius 2 is 1.85 bits per heavy atom. The van der Waals surface area contributed by atoms with E-state index in [-0.39, 0.29) is 63.9 Å². The van der Waals surface area contributed by atoms with E-state index in [0.717, 1.165) is 21.9 Å². The SMILES string of the molecule is COc1cc(C2c3sc(=O)[nH]c3SC3C4CC(C5C(=O)N(CCCCCC(=O)O)C(=O)C45)C23)ccc1OCC(C)C. The summed E-state index contributed by atoms with van der Waals surface area (Å²) in [4.78, 5) is 56.1. The van der Waals surface area contributed by atoms with Crippen LogP contribution in [-0.2, 0) is 14.4 Å². The topological polar surface area (TPSA) is 126 Å². The van der Waals surface area contributed by atoms with Crippen molar-refractivity contribution in [2.75, 3.05) is 20.3 Å². The minimum Gasteiger partial charge on any atom is -0.493 e. The summed E-state index contributed by atoms with van der Waals surface area (Å²) >= 11 is 2.91. The molecule has 7 unspecified atom stereocenters. The molecule has 1 aromatic heterocycles. The summed E-state index contributed by atoms with van der Waals surface area (Å²) in [5.41, 5.74) is 1.03. The smallest absolute Gasteiger partial charge is 0.305 e. The highest BCUT2D eigenvalue weighted by atomic mass is 32.2. The second kappa shape index (κ2) is 11.1. The van der Waals surface area contributed by atoms with Crippen molar-refractivity contribution in [1.29, 1.82) is 0 Å². The Balaban J connectivity index is 1.29. The summed E-state index contributed by atoms with van der Waals surface area (Å²) < 4.78 is 11.7. The number of amides is 2. The van der Waals surface area contributed by atoms with Gasteiger partial charge >= 0.3 is 10.8 Å². The maximum atomic E-state index is 13.7. The van der Waals surface area contributed by atoms with E-state index in [4.69, 9.17) is 14.6 Å². The number of thiazole rings is 1. The van der Waals surface area contributed by atoms with Crippen molar-refractivity contribution in [3.63, 3.8) is 0 Å². The van der Waals surface area contributed by atoms with Gasteiger partial charge in [0.15, 0.2) is 11.5 Å². The summed E-state index contributed by atoms with van der Waals surface area (Å²) in [5.74, 6) is 0.229. The van der Waals surface area contributed by atoms with Crippen LogP contribution in [0.25, 0.3) is 0 Å². The Morgan fingerprint density at radius 3 is 2.56 bits per heavy atom. The number of aromatic amines is 1. The van der Waals surface area contributed by atoms with Crippen LogP contribution >= 0.6 is 23.1 Å². The van der Waals surface area contributed by atoms with Crippen LogP contribution in [0.2, 0.25) is 0 Å². The molecule has 4 aliphatic rings. The second-order valence-corrected chi connectivity index (χ2v) is 14.3. The normalized spacial score (nSPS) is 29.6. The number of H-pyrrole nitrogens is 1. The molecular formula is C30H36N2O7S2. The first kappa shape index (κ1) is 28.3. The fraction of sp³-hybridized carbons (Fsp3) is 0.600. The number of nitrogens with one attached hydrogen (secondary N) is 1. The van der Waals surface area contributed by atoms with E-state index in [1.807, 2.05) is 12.1 Å². The number of methoxy groups -OCH3 is 1. The lowest BCUT2D eigenvalue weighted by molar-refractivity contribution is -0.141. The summed E-state index contributed by atoms with van der Waals surface area (Å²) in [6.07, 6.45) is 2.76. The van der Waals surface area contributed by atoms with Gasteiger partial charge in [0.25, 0.3) is 0 Å². The quantitative estimate of drug-likeness (QED) is 0.283. The number of rotatable bonds is 11. The van der Waals surface area contributed by atoms with Crippen LogP contribution in [0.3, 0.4) is 0 Å². The summed E-state index contributed by atoms with van der Waals surface area (Å²) in [6, 6.07) is 6.00. The Labute approximate surface area is 247 Å². The van der Waals surface area contributed by atoms with Gasteiger partial charge in [0.05, 0.1) is 30.6 Å². The molecule has 3 fully saturated rings. The number of benzene rings is 1. The third-order valence-electron chi connectivity index (χ3n) is 9.21. The molecule has 2 N–H and O–H groups in total. The molecule has 1 aromatic carbocycles. The second-order valence-electron chi connectivity index (χ2n) is 12.1. The summed E-state index contributed by atoms with van der Waals surface area (Å²) in [5, 5.41) is 9.89. The third-order valence-corrected chi connectivity index (χ3v) is 11.8. The molecule has 3 heterocycles. The first-order valence-corrected chi connectivity index (χ1v) is 16.2. The molecule has 2 bridgehead atoms. The van der Waals surface area contributed by atoms with E-state index in [1.165, 1.54) is 16.2 Å². The molecule has 11 heteroatoms. The zero-order valence-electron chi connectivity index (χ0n) is 23.5. The monoisotopic (exact) mass is 600 g/mol. The maximum Gasteiger partial charge on any atom is 0.305 e. The molecule has 2 aromatic rings. The highest BCUT2D eigenvalue weighted by Crippen LogP contribution is 2.68. The van der Waals surface area contributed by atoms with Gasteiger partial charge in [0.1, 0.15) is 0 Å². The highest BCUT2D eigenvalue weighted by Gasteiger charge is 2.69. The molecular weight excluding hydrogens is 564 g/mol. The minimum atomic E-state index is -0.829. The van der Waals surface area contributed by atoms with Gasteiger partial charge in [0, 0.05) is 29.0 Å². The van der Waals surface area contributed by atoms with Gasteiger partial charge in [-0.05, 0) is 60.6 Å². The number of hydrogen-bond donors (Lipinski definition) is 2. The van der Waals surface area contributed by atoms with Crippen LogP contribution < -0.4 is 14.3 Å². The average Bonchev–Trinajstić information content (AvgIpc) is 3.66. The first-order chi connectivity index (χ1) is 19.7. The molecule has 1 saturated heterocycles. The Hall–Kier alpha value is -2.79. The molecule has 7 atom stereocenters. The van der Waals surface area contributed by atoms with Crippen molar-refractivity contribution >= 4 is 40.9 Å². The molecule has 6 rings (SSSR count). The number of carboxylic acid groups (broad SMARTS) is 1. The Bertz CT molecular complexity index is 1420. The number of ether oxygens (including phenoxy) is 2. The van der Waals surface area contributed by atoms with Crippen LogP contribution in [0.1, 0.15) is 62.3 Å². The number of imide groups is 1. The van der Waals surface area contributed by atoms with Crippen LogP contribution in [0, 0.1) is 35.5 Å². The lowest BCUT2D eigenvalue weighted by atomic mass is 9.68. The van der Waals surface area contributed by atoms with Crippen molar-refractivity contribution in [1.82, 2.24) is 9.88 Å². The number of thioether (sulfide) groups is 1. The van der Waals surface area contributed by atoms with E-state index in [9.17, 15) is 19.2 Å². The van der Waals surface area contributed by atoms with Crippen molar-refractivity contribution < 1.29 is 29.0 Å². The average molecular weight is 601 g/mol. The number of fused-ring (bicyclic) bond motifs is 9. The molecule has 9 nitrogen and oxygen atoms in total. The number of likely N-dealkylation sites (tertiary alicyclic amines) is 1. The number of carbonyl (C=O) groups is 3. The van der Waals surface area contributed by atoms with Crippen LogP contribution in [0.5, 0.6) is 11.5 Å². The van der Waals surface area contributed by atoms with Crippen LogP contribution in [0.4, 0.5) is 0 Å². The van der Waals surface area contributed by atoms with Gasteiger partial charge in [-0.1, -0.05) is 37.7 Å². The summed E-state index contributed by atoms with van der Waals surface area (Å²) in [7, 11) is 1.63. The van der Waals surface area contributed by atoms with Gasteiger partial charge in [-0.15, -0.1) is 11.8 Å². The highest BCUT2D eigenvalue weighted by molar-refractivity contribution is 8.00. The van der Waals surface area contributed by atoms with Crippen molar-refractivity contribution in [2.45, 2.75) is 62.1 Å². The van der Waals surface area contributed by atoms with Crippen molar-refractivity contribution in [3.8, 4) is 11.5 Å². The fourth-order valence-corrected chi connectivity index (χ4v) is 10.5. The number of carbonyl (C=O) groups excluding carboxylic acids is 2. The predicted octanol–water partition coefficient (Wildman–Crippen LogP) is 4.60. The molecule has 0 radical (unpaired) electrons. The Kier molecular flexibility index (Phi) is 7.69. The van der Waals surface area contributed by atoms with Crippen LogP contribution in [0.15, 0.2) is 28.0 Å². The molecule has 2 amide bonds. The van der Waals surface area contributed by atoms with Crippen molar-refractivity contribution in [3.05, 3.63) is 38.3 Å². The largest absolute Gasteiger partial charge is 0.493 e. The van der Waals surface area contributed by atoms with Crippen LogP contribution in [-0.4, -0.2) is 58.3 Å². The predicted molar refractivity (Wildman–Crippen MR) is 155 cm³/mol. The zero-order chi connectivity index (χ0) is 29.0. The van der Waals surface area contributed by atoms with Gasteiger partial charge < -0.3 is 19.6 Å². The molecule has 2 aliphatic carbocycles. The molecule has 2 aliphatic heterocycles. The van der Waals surface area contributed by atoms with Crippen molar-refractivity contribution in [2.24, 2.45) is 35.5 Å². The minimum absolute atomic E-state index is 0.0502. The number of carboxylic acids is 1. The molecule has 41 heavy (non-hydrogen) atoms. The van der Waals surface area contributed by atoms with E-state index in [1.54, 1.807) is 18.9 Å². The first-order valence-electron chi connectivity index (χ1n) is 14.5. The zero-order valence-corrected chi connectivity index (χ0v) is 25.1. The standard InChI is InChI=1S/C30H36N2O7S2/c1-14(2)13-39-18-9-8-15(11-19(18)38-3)21-22-16-12-17(25(22)40-27-26(21)41-30(37)31-27)24-23(16)28(35)32(29(24)36)10-6-4-5-7-20(33)34/h8-9,11,14,16-17,21-25H,4-7,10,12-13H2,1-3H3,(H,31,37)(H,33,34). The number of nitrogens with zero attached hydrogens (tertiary/aromatic N) is 1. The molecule has 2 saturated carbocycles. The summed E-state index contributed by atoms with van der Waals surface area (Å²) in [6.45, 7) is 5.11. The lowest BCUT2D eigenvalue weighted by Crippen LogP contribution is -2.42. The van der Waals surface area contributed by atoms with Gasteiger partial charge in [-0.3, -0.25) is 24.1 Å². The number of aliphatic carboxylic acids is 1. The Morgan fingerprint density at radius 1 is 1.10 bits per heavy atom. The van der Waals surface area contributed by atoms with E-state index < -0.39 is 5.97 Å². The number of aromatic nitrogens is 1. The van der Waals surface area contributed by atoms with Gasteiger partial charge in [-0.25, -0.2) is 0 Å². The van der Waals surface area contributed by atoms with E-state index in [0.29, 0.717) is 49.8 Å². The van der Waals surface area contributed by atoms with E-state index in [2.05, 4.69) is 24.9 Å². The third kappa shape index (κ3) is 4.88. The molecule has 0 spiro atoms. The lowest BCUT2D eigenvalue weighted by Gasteiger charge is -2.43. The van der Waals surface area contributed by atoms with E-state index >= 15 is 0 Å². The maximum absolute atomic E-state index is 13.7. The molecule has 220 valence electrons. The number of unbranched alkanes of at least 4 members (excludes halogenated alkanes) is 2.